The van der Waals surface area contributed by atoms with Gasteiger partial charge in [0.15, 0.2) is 0 Å². The van der Waals surface area contributed by atoms with E-state index in [9.17, 15) is 9.59 Å². The Morgan fingerprint density at radius 2 is 1.96 bits per heavy atom. The molecule has 0 saturated heterocycles. The van der Waals surface area contributed by atoms with Crippen LogP contribution in [-0.4, -0.2) is 28.4 Å². The van der Waals surface area contributed by atoms with Gasteiger partial charge in [-0.25, -0.2) is 0 Å². The number of hydrogen-bond donors (Lipinski definition) is 1. The predicted molar refractivity (Wildman–Crippen MR) is 113 cm³/mol. The molecule has 1 amide bonds. The molecule has 1 atom stereocenters. The van der Waals surface area contributed by atoms with Gasteiger partial charge >= 0.3 is 5.97 Å². The zero-order chi connectivity index (χ0) is 21.3. The lowest BCUT2D eigenvalue weighted by Crippen LogP contribution is -2.43. The SMILES string of the molecule is CC(C)C1=CN(CC(=O)O)C(=O)C[C@@]1(C)c1ccc(CCC(C)(C)C)c(Cl)c1. The van der Waals surface area contributed by atoms with Gasteiger partial charge in [0.25, 0.3) is 0 Å². The van der Waals surface area contributed by atoms with Gasteiger partial charge in [-0.05, 0) is 46.9 Å². The molecule has 1 heterocycles. The van der Waals surface area contributed by atoms with Gasteiger partial charge in [-0.15, -0.1) is 0 Å². The van der Waals surface area contributed by atoms with E-state index in [4.69, 9.17) is 16.7 Å². The Kier molecular flexibility index (Phi) is 6.65. The van der Waals surface area contributed by atoms with Gasteiger partial charge in [0, 0.05) is 23.1 Å². The molecule has 0 unspecified atom stereocenters. The monoisotopic (exact) mass is 405 g/mol. The highest BCUT2D eigenvalue weighted by Crippen LogP contribution is 2.43. The van der Waals surface area contributed by atoms with Gasteiger partial charge in [0.2, 0.25) is 5.91 Å². The molecule has 0 fully saturated rings. The van der Waals surface area contributed by atoms with Gasteiger partial charge in [-0.1, -0.05) is 65.3 Å². The maximum absolute atomic E-state index is 12.6. The van der Waals surface area contributed by atoms with Crippen LogP contribution in [-0.2, 0) is 21.4 Å². The molecule has 1 aliphatic rings. The Morgan fingerprint density at radius 1 is 1.32 bits per heavy atom. The van der Waals surface area contributed by atoms with E-state index in [2.05, 4.69) is 53.7 Å². The van der Waals surface area contributed by atoms with E-state index in [1.54, 1.807) is 6.20 Å². The van der Waals surface area contributed by atoms with Crippen molar-refractivity contribution in [2.75, 3.05) is 6.54 Å². The molecule has 154 valence electrons. The molecule has 0 radical (unpaired) electrons. The van der Waals surface area contributed by atoms with E-state index in [1.807, 2.05) is 6.07 Å². The number of aryl methyl sites for hydroxylation is 1. The summed E-state index contributed by atoms with van der Waals surface area (Å²) in [5, 5.41) is 9.82. The maximum atomic E-state index is 12.6. The summed E-state index contributed by atoms with van der Waals surface area (Å²) in [7, 11) is 0. The number of hydrogen-bond acceptors (Lipinski definition) is 2. The van der Waals surface area contributed by atoms with E-state index in [1.165, 1.54) is 4.90 Å². The van der Waals surface area contributed by atoms with Crippen molar-refractivity contribution in [3.05, 3.63) is 46.1 Å². The number of carbonyl (C=O) groups excluding carboxylic acids is 1. The molecule has 0 aromatic heterocycles. The number of carbonyl (C=O) groups is 2. The van der Waals surface area contributed by atoms with Crippen molar-refractivity contribution in [3.63, 3.8) is 0 Å². The summed E-state index contributed by atoms with van der Waals surface area (Å²) in [6.07, 6.45) is 3.93. The van der Waals surface area contributed by atoms with Crippen LogP contribution in [0.25, 0.3) is 0 Å². The Labute approximate surface area is 173 Å². The van der Waals surface area contributed by atoms with Crippen LogP contribution in [0, 0.1) is 11.3 Å². The van der Waals surface area contributed by atoms with E-state index >= 15 is 0 Å². The first-order valence-corrected chi connectivity index (χ1v) is 10.2. The Morgan fingerprint density at radius 3 is 2.46 bits per heavy atom. The topological polar surface area (TPSA) is 57.6 Å². The molecular formula is C23H32ClNO3. The average Bonchev–Trinajstić information content (AvgIpc) is 2.54. The second-order valence-corrected chi connectivity index (χ2v) is 9.94. The van der Waals surface area contributed by atoms with Gasteiger partial charge in [-0.2, -0.15) is 0 Å². The highest BCUT2D eigenvalue weighted by molar-refractivity contribution is 6.31. The van der Waals surface area contributed by atoms with Gasteiger partial charge in [0.05, 0.1) is 0 Å². The number of carboxylic acids is 1. The standard InChI is InChI=1S/C23H32ClNO3/c1-15(2)18-13-25(14-21(27)28)20(26)12-23(18,6)17-8-7-16(19(24)11-17)9-10-22(3,4)5/h7-8,11,13,15H,9-10,12,14H2,1-6H3,(H,27,28)/t23-/m0/s1. The molecule has 1 aromatic rings. The summed E-state index contributed by atoms with van der Waals surface area (Å²) in [5.74, 6) is -1.02. The zero-order valence-electron chi connectivity index (χ0n) is 17.8. The van der Waals surface area contributed by atoms with Gasteiger partial charge < -0.3 is 10.0 Å². The zero-order valence-corrected chi connectivity index (χ0v) is 18.6. The fourth-order valence-corrected chi connectivity index (χ4v) is 4.10. The van der Waals surface area contributed by atoms with Crippen LogP contribution in [0.3, 0.4) is 0 Å². The van der Waals surface area contributed by atoms with Crippen molar-refractivity contribution < 1.29 is 14.7 Å². The lowest BCUT2D eigenvalue weighted by atomic mass is 9.68. The third kappa shape index (κ3) is 5.16. The van der Waals surface area contributed by atoms with Crippen LogP contribution in [0.2, 0.25) is 5.02 Å². The highest BCUT2D eigenvalue weighted by Gasteiger charge is 2.40. The third-order valence-corrected chi connectivity index (χ3v) is 5.87. The minimum absolute atomic E-state index is 0.175. The first-order chi connectivity index (χ1) is 12.8. The number of allylic oxidation sites excluding steroid dienone is 1. The van der Waals surface area contributed by atoms with Crippen LogP contribution in [0.15, 0.2) is 30.0 Å². The van der Waals surface area contributed by atoms with E-state index in [0.29, 0.717) is 0 Å². The summed E-state index contributed by atoms with van der Waals surface area (Å²) >= 11 is 6.61. The molecule has 1 aliphatic heterocycles. The lowest BCUT2D eigenvalue weighted by Gasteiger charge is -2.41. The molecule has 0 aliphatic carbocycles. The van der Waals surface area contributed by atoms with E-state index in [-0.39, 0.29) is 30.2 Å². The third-order valence-electron chi connectivity index (χ3n) is 5.52. The minimum atomic E-state index is -1.01. The normalized spacial score (nSPS) is 20.5. The van der Waals surface area contributed by atoms with Crippen LogP contribution < -0.4 is 0 Å². The number of halogens is 1. The summed E-state index contributed by atoms with van der Waals surface area (Å²) in [5.41, 5.74) is 2.91. The van der Waals surface area contributed by atoms with Crippen molar-refractivity contribution >= 4 is 23.5 Å². The number of rotatable bonds is 6. The van der Waals surface area contributed by atoms with Gasteiger partial charge in [0.1, 0.15) is 6.54 Å². The fraction of sp³-hybridized carbons (Fsp3) is 0.565. The van der Waals surface area contributed by atoms with Crippen molar-refractivity contribution in [1.29, 1.82) is 0 Å². The molecule has 2 rings (SSSR count). The molecule has 5 heteroatoms. The molecule has 0 saturated carbocycles. The Balaban J connectivity index is 2.40. The van der Waals surface area contributed by atoms with E-state index in [0.717, 1.165) is 34.6 Å². The summed E-state index contributed by atoms with van der Waals surface area (Å²) in [6.45, 7) is 12.5. The summed E-state index contributed by atoms with van der Waals surface area (Å²) < 4.78 is 0. The summed E-state index contributed by atoms with van der Waals surface area (Å²) in [6, 6.07) is 6.12. The van der Waals surface area contributed by atoms with Crippen molar-refractivity contribution in [3.8, 4) is 0 Å². The first-order valence-electron chi connectivity index (χ1n) is 9.86. The number of benzene rings is 1. The number of nitrogens with zero attached hydrogens (tertiary/aromatic N) is 1. The second-order valence-electron chi connectivity index (χ2n) is 9.53. The summed E-state index contributed by atoms with van der Waals surface area (Å²) in [4.78, 5) is 25.0. The molecule has 1 N–H and O–H groups in total. The number of aliphatic carboxylic acids is 1. The first kappa shape index (κ1) is 22.5. The van der Waals surface area contributed by atoms with Crippen LogP contribution >= 0.6 is 11.6 Å². The number of amides is 1. The average molecular weight is 406 g/mol. The molecule has 4 nitrogen and oxygen atoms in total. The second kappa shape index (κ2) is 8.28. The van der Waals surface area contributed by atoms with Crippen LogP contribution in [0.4, 0.5) is 0 Å². The Hall–Kier alpha value is -1.81. The van der Waals surface area contributed by atoms with Crippen molar-refractivity contribution in [1.82, 2.24) is 4.90 Å². The quantitative estimate of drug-likeness (QED) is 0.686. The predicted octanol–water partition coefficient (Wildman–Crippen LogP) is 5.43. The fourth-order valence-electron chi connectivity index (χ4n) is 3.83. The molecule has 1 aromatic carbocycles. The lowest BCUT2D eigenvalue weighted by molar-refractivity contribution is -0.143. The number of carboxylic acid groups (broad SMARTS) is 1. The maximum Gasteiger partial charge on any atom is 0.323 e. The van der Waals surface area contributed by atoms with Crippen molar-refractivity contribution in [2.24, 2.45) is 11.3 Å². The van der Waals surface area contributed by atoms with Crippen molar-refractivity contribution in [2.45, 2.75) is 66.2 Å². The largest absolute Gasteiger partial charge is 0.480 e. The Bertz CT molecular complexity index is 792. The molecule has 28 heavy (non-hydrogen) atoms. The van der Waals surface area contributed by atoms with E-state index < -0.39 is 11.4 Å². The minimum Gasteiger partial charge on any atom is -0.480 e. The van der Waals surface area contributed by atoms with Gasteiger partial charge in [-0.3, -0.25) is 9.59 Å². The molecule has 0 spiro atoms. The molecular weight excluding hydrogens is 374 g/mol. The van der Waals surface area contributed by atoms with Crippen LogP contribution in [0.5, 0.6) is 0 Å². The molecule has 0 bridgehead atoms. The highest BCUT2D eigenvalue weighted by atomic mass is 35.5. The smallest absolute Gasteiger partial charge is 0.323 e. The van der Waals surface area contributed by atoms with Crippen LogP contribution in [0.1, 0.15) is 65.5 Å².